The first-order chi connectivity index (χ1) is 4.20. The first-order valence-corrected chi connectivity index (χ1v) is 2.68. The summed E-state index contributed by atoms with van der Waals surface area (Å²) in [6.07, 6.45) is -2.01. The quantitative estimate of drug-likeness (QED) is 0.557. The van der Waals surface area contributed by atoms with E-state index in [1.165, 1.54) is 0 Å². The summed E-state index contributed by atoms with van der Waals surface area (Å²) >= 11 is 0. The maximum atomic E-state index is 12.1. The van der Waals surface area contributed by atoms with Crippen molar-refractivity contribution in [1.29, 1.82) is 0 Å². The molecule has 0 aliphatic carbocycles. The zero-order valence-corrected chi connectivity index (χ0v) is 4.71. The Morgan fingerprint density at radius 2 is 2.44 bits per heavy atom. The van der Waals surface area contributed by atoms with Gasteiger partial charge in [0.25, 0.3) is 0 Å². The standard InChI is InChI=1S/C5H7FO3/c6-3-1-4(5(7)8)9-2-3/h3-4H,1-2H2,(H,7,8)/t3-,4-/m0/s1. The Morgan fingerprint density at radius 3 is 2.67 bits per heavy atom. The molecule has 0 radical (unpaired) electrons. The van der Waals surface area contributed by atoms with Gasteiger partial charge in [0.2, 0.25) is 0 Å². The van der Waals surface area contributed by atoms with E-state index < -0.39 is 18.2 Å². The van der Waals surface area contributed by atoms with Crippen molar-refractivity contribution in [1.82, 2.24) is 0 Å². The highest BCUT2D eigenvalue weighted by Crippen LogP contribution is 2.15. The van der Waals surface area contributed by atoms with Crippen molar-refractivity contribution < 1.29 is 19.0 Å². The third-order valence-electron chi connectivity index (χ3n) is 1.22. The van der Waals surface area contributed by atoms with Crippen LogP contribution in [0.5, 0.6) is 0 Å². The van der Waals surface area contributed by atoms with Crippen molar-refractivity contribution in [3.8, 4) is 0 Å². The summed E-state index contributed by atoms with van der Waals surface area (Å²) in [5, 5.41) is 8.24. The van der Waals surface area contributed by atoms with E-state index in [1.54, 1.807) is 0 Å². The summed E-state index contributed by atoms with van der Waals surface area (Å²) in [6.45, 7) is -0.0725. The van der Waals surface area contributed by atoms with Crippen LogP contribution in [0.25, 0.3) is 0 Å². The van der Waals surface area contributed by atoms with Crippen LogP contribution in [0.15, 0.2) is 0 Å². The van der Waals surface area contributed by atoms with E-state index >= 15 is 0 Å². The van der Waals surface area contributed by atoms with Crippen molar-refractivity contribution in [2.45, 2.75) is 18.7 Å². The number of alkyl halides is 1. The summed E-state index contributed by atoms with van der Waals surface area (Å²) in [4.78, 5) is 10.1. The highest BCUT2D eigenvalue weighted by Gasteiger charge is 2.30. The van der Waals surface area contributed by atoms with Crippen molar-refractivity contribution >= 4 is 5.97 Å². The van der Waals surface area contributed by atoms with Gasteiger partial charge >= 0.3 is 5.97 Å². The monoisotopic (exact) mass is 134 g/mol. The number of hydrogen-bond acceptors (Lipinski definition) is 2. The fourth-order valence-corrected chi connectivity index (χ4v) is 0.761. The summed E-state index contributed by atoms with van der Waals surface area (Å²) in [5.41, 5.74) is 0. The van der Waals surface area contributed by atoms with E-state index in [1.807, 2.05) is 0 Å². The van der Waals surface area contributed by atoms with Gasteiger partial charge in [0.15, 0.2) is 6.10 Å². The van der Waals surface area contributed by atoms with Gasteiger partial charge in [-0.2, -0.15) is 0 Å². The molecule has 52 valence electrons. The van der Waals surface area contributed by atoms with Crippen LogP contribution in [0.3, 0.4) is 0 Å². The van der Waals surface area contributed by atoms with Crippen molar-refractivity contribution in [3.05, 3.63) is 0 Å². The van der Waals surface area contributed by atoms with Gasteiger partial charge in [-0.3, -0.25) is 0 Å². The smallest absolute Gasteiger partial charge is 0.332 e. The van der Waals surface area contributed by atoms with Crippen LogP contribution in [0, 0.1) is 0 Å². The third-order valence-corrected chi connectivity index (χ3v) is 1.22. The lowest BCUT2D eigenvalue weighted by atomic mass is 10.2. The van der Waals surface area contributed by atoms with Crippen LogP contribution in [0.4, 0.5) is 4.39 Å². The molecule has 4 heteroatoms. The Morgan fingerprint density at radius 1 is 1.78 bits per heavy atom. The highest BCUT2D eigenvalue weighted by atomic mass is 19.1. The fourth-order valence-electron chi connectivity index (χ4n) is 0.761. The van der Waals surface area contributed by atoms with Gasteiger partial charge in [-0.25, -0.2) is 9.18 Å². The minimum absolute atomic E-state index is 0.00463. The zero-order valence-electron chi connectivity index (χ0n) is 4.71. The molecule has 0 aromatic rings. The number of rotatable bonds is 1. The number of carbonyl (C=O) groups is 1. The molecular weight excluding hydrogens is 127 g/mol. The second kappa shape index (κ2) is 2.31. The van der Waals surface area contributed by atoms with Gasteiger partial charge in [-0.15, -0.1) is 0 Å². The molecule has 1 rings (SSSR count). The second-order valence-corrected chi connectivity index (χ2v) is 1.99. The molecule has 1 heterocycles. The SMILES string of the molecule is O=C(O)[C@@H]1C[C@H](F)CO1. The lowest BCUT2D eigenvalue weighted by molar-refractivity contribution is -0.147. The average Bonchev–Trinajstić information content (AvgIpc) is 2.14. The zero-order chi connectivity index (χ0) is 6.85. The van der Waals surface area contributed by atoms with Crippen LogP contribution in [0.2, 0.25) is 0 Å². The number of ether oxygens (including phenoxy) is 1. The minimum atomic E-state index is -1.09. The maximum absolute atomic E-state index is 12.1. The molecule has 0 aromatic heterocycles. The van der Waals surface area contributed by atoms with Crippen LogP contribution >= 0.6 is 0 Å². The molecule has 0 spiro atoms. The molecule has 1 saturated heterocycles. The summed E-state index contributed by atoms with van der Waals surface area (Å²) in [5.74, 6) is -1.07. The Balaban J connectivity index is 2.39. The van der Waals surface area contributed by atoms with E-state index in [4.69, 9.17) is 5.11 Å². The maximum Gasteiger partial charge on any atom is 0.332 e. The van der Waals surface area contributed by atoms with Crippen molar-refractivity contribution in [2.75, 3.05) is 6.61 Å². The Hall–Kier alpha value is -0.640. The normalized spacial score (nSPS) is 34.8. The molecule has 2 atom stereocenters. The molecule has 1 aliphatic heterocycles. The average molecular weight is 134 g/mol. The van der Waals surface area contributed by atoms with Crippen LogP contribution < -0.4 is 0 Å². The first kappa shape index (κ1) is 6.48. The first-order valence-electron chi connectivity index (χ1n) is 2.68. The molecule has 0 saturated carbocycles. The van der Waals surface area contributed by atoms with Crippen LogP contribution in [-0.4, -0.2) is 30.0 Å². The fraction of sp³-hybridized carbons (Fsp3) is 0.800. The number of aliphatic carboxylic acids is 1. The van der Waals surface area contributed by atoms with E-state index in [-0.39, 0.29) is 13.0 Å². The Kier molecular flexibility index (Phi) is 1.66. The van der Waals surface area contributed by atoms with E-state index in [0.717, 1.165) is 0 Å². The molecule has 1 N–H and O–H groups in total. The molecule has 0 bridgehead atoms. The van der Waals surface area contributed by atoms with Gasteiger partial charge < -0.3 is 9.84 Å². The van der Waals surface area contributed by atoms with Crippen molar-refractivity contribution in [2.24, 2.45) is 0 Å². The highest BCUT2D eigenvalue weighted by molar-refractivity contribution is 5.72. The molecule has 3 nitrogen and oxygen atoms in total. The predicted octanol–water partition coefficient (Wildman–Crippen LogP) is 0.198. The van der Waals surface area contributed by atoms with E-state index in [2.05, 4.69) is 4.74 Å². The predicted molar refractivity (Wildman–Crippen MR) is 26.9 cm³/mol. The second-order valence-electron chi connectivity index (χ2n) is 1.99. The van der Waals surface area contributed by atoms with E-state index in [0.29, 0.717) is 0 Å². The van der Waals surface area contributed by atoms with Gasteiger partial charge in [-0.05, 0) is 0 Å². The number of hydrogen-bond donors (Lipinski definition) is 1. The number of carboxylic acids is 1. The Labute approximate surface area is 51.4 Å². The van der Waals surface area contributed by atoms with Gasteiger partial charge in [0, 0.05) is 6.42 Å². The van der Waals surface area contributed by atoms with Crippen LogP contribution in [-0.2, 0) is 9.53 Å². The number of carboxylic acid groups (broad SMARTS) is 1. The summed E-state index contributed by atoms with van der Waals surface area (Å²) in [6, 6.07) is 0. The summed E-state index contributed by atoms with van der Waals surface area (Å²) < 4.78 is 16.7. The molecule has 0 unspecified atom stereocenters. The minimum Gasteiger partial charge on any atom is -0.479 e. The lowest BCUT2D eigenvalue weighted by Crippen LogP contribution is -2.18. The van der Waals surface area contributed by atoms with Gasteiger partial charge in [0.05, 0.1) is 6.61 Å². The van der Waals surface area contributed by atoms with Gasteiger partial charge in [-0.1, -0.05) is 0 Å². The molecule has 9 heavy (non-hydrogen) atoms. The summed E-state index contributed by atoms with van der Waals surface area (Å²) in [7, 11) is 0. The largest absolute Gasteiger partial charge is 0.479 e. The molecule has 0 aromatic carbocycles. The van der Waals surface area contributed by atoms with Gasteiger partial charge in [0.1, 0.15) is 6.17 Å². The third kappa shape index (κ3) is 1.38. The topological polar surface area (TPSA) is 46.5 Å². The van der Waals surface area contributed by atoms with E-state index in [9.17, 15) is 9.18 Å². The molecule has 1 fully saturated rings. The molecular formula is C5H7FO3. The number of halogens is 1. The van der Waals surface area contributed by atoms with Crippen molar-refractivity contribution in [3.63, 3.8) is 0 Å². The van der Waals surface area contributed by atoms with Crippen LogP contribution in [0.1, 0.15) is 6.42 Å². The Bertz CT molecular complexity index is 125. The molecule has 0 amide bonds. The lowest BCUT2D eigenvalue weighted by Gasteiger charge is -1.98. The molecule has 1 aliphatic rings.